The zero-order chi connectivity index (χ0) is 49.5. The number of phosphoric ester groups is 1. The monoisotopic (exact) mass is 978 g/mol. The molecule has 0 spiro atoms. The van der Waals surface area contributed by atoms with Crippen LogP contribution >= 0.6 is 7.82 Å². The van der Waals surface area contributed by atoms with Crippen molar-refractivity contribution in [1.82, 2.24) is 0 Å². The average molecular weight is 978 g/mol. The highest BCUT2D eigenvalue weighted by molar-refractivity contribution is 7.47. The minimum Gasteiger partial charge on any atom is -0.462 e. The van der Waals surface area contributed by atoms with E-state index in [9.17, 15) is 19.0 Å². The molecular weight excluding hydrogens is 870 g/mol. The summed E-state index contributed by atoms with van der Waals surface area (Å²) in [7, 11) is -4.39. The Morgan fingerprint density at radius 3 is 1.15 bits per heavy atom. The largest absolute Gasteiger partial charge is 0.472 e. The number of carbonyl (C=O) groups excluding carboxylic acids is 2. The lowest BCUT2D eigenvalue weighted by atomic mass is 10.0. The van der Waals surface area contributed by atoms with Crippen molar-refractivity contribution in [1.29, 1.82) is 0 Å². The fraction of sp³-hybridized carbons (Fsp3) is 0.828. The summed E-state index contributed by atoms with van der Waals surface area (Å²) in [5.74, 6) is -0.828. The minimum absolute atomic E-state index is 0.0525. The summed E-state index contributed by atoms with van der Waals surface area (Å²) in [6.07, 6.45) is 66.0. The van der Waals surface area contributed by atoms with Crippen molar-refractivity contribution in [3.05, 3.63) is 48.6 Å². The normalized spacial score (nSPS) is 13.4. The van der Waals surface area contributed by atoms with Gasteiger partial charge in [0.2, 0.25) is 0 Å². The molecule has 2 unspecified atom stereocenters. The predicted molar refractivity (Wildman–Crippen MR) is 289 cm³/mol. The van der Waals surface area contributed by atoms with Crippen LogP contribution in [0.3, 0.4) is 0 Å². The Kier molecular flexibility index (Phi) is 52.7. The number of nitrogens with two attached hydrogens (primary N) is 1. The Morgan fingerprint density at radius 2 is 0.765 bits per heavy atom. The van der Waals surface area contributed by atoms with Crippen molar-refractivity contribution in [2.75, 3.05) is 26.4 Å². The van der Waals surface area contributed by atoms with Gasteiger partial charge in [0.15, 0.2) is 6.10 Å². The molecule has 3 N–H and O–H groups in total. The second kappa shape index (κ2) is 54.3. The highest BCUT2D eigenvalue weighted by atomic mass is 31.2. The smallest absolute Gasteiger partial charge is 0.462 e. The first-order valence-electron chi connectivity index (χ1n) is 28.6. The molecule has 0 bridgehead atoms. The molecule has 0 aliphatic heterocycles. The Balaban J connectivity index is 3.92. The van der Waals surface area contributed by atoms with Crippen LogP contribution < -0.4 is 5.73 Å². The molecule has 0 saturated heterocycles. The fourth-order valence-electron chi connectivity index (χ4n) is 8.17. The molecule has 10 heteroatoms. The first-order chi connectivity index (χ1) is 33.3. The predicted octanol–water partition coefficient (Wildman–Crippen LogP) is 17.8. The number of carbonyl (C=O) groups is 2. The molecule has 398 valence electrons. The van der Waals surface area contributed by atoms with Gasteiger partial charge in [-0.1, -0.05) is 236 Å². The van der Waals surface area contributed by atoms with Gasteiger partial charge in [-0.3, -0.25) is 18.6 Å². The van der Waals surface area contributed by atoms with E-state index in [-0.39, 0.29) is 38.6 Å². The lowest BCUT2D eigenvalue weighted by Crippen LogP contribution is -2.29. The van der Waals surface area contributed by atoms with E-state index >= 15 is 0 Å². The van der Waals surface area contributed by atoms with E-state index in [1.54, 1.807) is 0 Å². The first-order valence-corrected chi connectivity index (χ1v) is 30.1. The van der Waals surface area contributed by atoms with Crippen LogP contribution in [0.25, 0.3) is 0 Å². The molecular formula is C58H108NO8P. The molecule has 0 amide bonds. The van der Waals surface area contributed by atoms with Gasteiger partial charge in [-0.15, -0.1) is 0 Å². The highest BCUT2D eigenvalue weighted by Crippen LogP contribution is 2.43. The maximum absolute atomic E-state index is 12.7. The van der Waals surface area contributed by atoms with Gasteiger partial charge >= 0.3 is 19.8 Å². The van der Waals surface area contributed by atoms with E-state index in [4.69, 9.17) is 24.3 Å². The van der Waals surface area contributed by atoms with Crippen molar-refractivity contribution >= 4 is 19.8 Å². The summed E-state index contributed by atoms with van der Waals surface area (Å²) in [6.45, 7) is 3.75. The third-order valence-corrected chi connectivity index (χ3v) is 13.4. The zero-order valence-corrected chi connectivity index (χ0v) is 45.2. The zero-order valence-electron chi connectivity index (χ0n) is 44.3. The van der Waals surface area contributed by atoms with Gasteiger partial charge in [-0.2, -0.15) is 0 Å². The van der Waals surface area contributed by atoms with Gasteiger partial charge in [0.25, 0.3) is 0 Å². The molecule has 0 radical (unpaired) electrons. The summed E-state index contributed by atoms with van der Waals surface area (Å²) in [6, 6.07) is 0. The maximum atomic E-state index is 12.7. The number of unbranched alkanes of at least 4 members (excludes halogenated alkanes) is 33. The Bertz CT molecular complexity index is 1250. The summed E-state index contributed by atoms with van der Waals surface area (Å²) >= 11 is 0. The van der Waals surface area contributed by atoms with Crippen LogP contribution in [0.15, 0.2) is 48.6 Å². The van der Waals surface area contributed by atoms with Gasteiger partial charge in [-0.05, 0) is 77.0 Å². The average Bonchev–Trinajstić information content (AvgIpc) is 3.33. The SMILES string of the molecule is CCCCCCC/C=C\C/C=C\C/C=C\CCCCCCCCCCCCCCCCCCC(=O)OC(COC(=O)CCCCCCC/C=C\CCCCCCCCC)COP(=O)(O)OCCN. The number of allylic oxidation sites excluding steroid dienone is 8. The molecule has 0 aromatic carbocycles. The van der Waals surface area contributed by atoms with Gasteiger partial charge < -0.3 is 20.1 Å². The number of phosphoric acid groups is 1. The lowest BCUT2D eigenvalue weighted by molar-refractivity contribution is -0.161. The maximum Gasteiger partial charge on any atom is 0.472 e. The van der Waals surface area contributed by atoms with Crippen LogP contribution in [-0.4, -0.2) is 49.3 Å². The van der Waals surface area contributed by atoms with Crippen LogP contribution in [-0.2, 0) is 32.7 Å². The number of hydrogen-bond acceptors (Lipinski definition) is 8. The van der Waals surface area contributed by atoms with Crippen molar-refractivity contribution in [2.24, 2.45) is 5.73 Å². The third-order valence-electron chi connectivity index (χ3n) is 12.4. The molecule has 0 aromatic heterocycles. The van der Waals surface area contributed by atoms with Crippen LogP contribution in [0, 0.1) is 0 Å². The summed E-state index contributed by atoms with van der Waals surface area (Å²) in [5, 5.41) is 0. The number of esters is 2. The van der Waals surface area contributed by atoms with E-state index in [1.165, 1.54) is 173 Å². The first kappa shape index (κ1) is 66.0. The van der Waals surface area contributed by atoms with Gasteiger partial charge in [-0.25, -0.2) is 4.57 Å². The Hall–Kier alpha value is -2.03. The van der Waals surface area contributed by atoms with Crippen molar-refractivity contribution in [2.45, 2.75) is 283 Å². The molecule has 0 rings (SSSR count). The second-order valence-electron chi connectivity index (χ2n) is 19.2. The molecule has 68 heavy (non-hydrogen) atoms. The van der Waals surface area contributed by atoms with Gasteiger partial charge in [0.05, 0.1) is 13.2 Å². The highest BCUT2D eigenvalue weighted by Gasteiger charge is 2.26. The van der Waals surface area contributed by atoms with E-state index in [2.05, 4.69) is 62.5 Å². The molecule has 0 saturated carbocycles. The standard InChI is InChI=1S/C58H108NO8P/c1-3-5-7-9-11-13-15-17-19-21-22-23-24-25-26-27-28-29-30-31-32-33-34-35-37-39-41-43-45-47-49-51-58(61)67-56(55-66-68(62,63)65-53-52-59)54-64-57(60)50-48-46-44-42-40-38-36-20-18-16-14-12-10-8-6-4-2/h15,17,20-22,24-25,36,56H,3-14,16,18-19,23,26-35,37-55,59H2,1-2H3,(H,62,63)/b17-15-,22-21-,25-24-,36-20-. The van der Waals surface area contributed by atoms with Crippen molar-refractivity contribution in [3.8, 4) is 0 Å². The van der Waals surface area contributed by atoms with Crippen molar-refractivity contribution in [3.63, 3.8) is 0 Å². The summed E-state index contributed by atoms with van der Waals surface area (Å²) in [5.41, 5.74) is 5.38. The van der Waals surface area contributed by atoms with E-state index in [1.807, 2.05) is 0 Å². The molecule has 2 atom stereocenters. The van der Waals surface area contributed by atoms with Gasteiger partial charge in [0, 0.05) is 19.4 Å². The lowest BCUT2D eigenvalue weighted by Gasteiger charge is -2.19. The summed E-state index contributed by atoms with van der Waals surface area (Å²) < 4.78 is 33.0. The van der Waals surface area contributed by atoms with E-state index < -0.39 is 26.5 Å². The Labute approximate surface area is 419 Å². The van der Waals surface area contributed by atoms with Crippen LogP contribution in [0.1, 0.15) is 277 Å². The van der Waals surface area contributed by atoms with E-state index in [0.717, 1.165) is 70.6 Å². The quantitative estimate of drug-likeness (QED) is 0.0264. The summed E-state index contributed by atoms with van der Waals surface area (Å²) in [4.78, 5) is 35.1. The molecule has 0 fully saturated rings. The molecule has 0 heterocycles. The second-order valence-corrected chi connectivity index (χ2v) is 20.6. The Morgan fingerprint density at radius 1 is 0.441 bits per heavy atom. The third kappa shape index (κ3) is 53.3. The van der Waals surface area contributed by atoms with E-state index in [0.29, 0.717) is 6.42 Å². The number of hydrogen-bond donors (Lipinski definition) is 2. The molecule has 0 aromatic rings. The minimum atomic E-state index is -4.39. The molecule has 0 aliphatic carbocycles. The van der Waals surface area contributed by atoms with Crippen LogP contribution in [0.5, 0.6) is 0 Å². The number of ether oxygens (including phenoxy) is 2. The topological polar surface area (TPSA) is 134 Å². The van der Waals surface area contributed by atoms with Gasteiger partial charge in [0.1, 0.15) is 6.61 Å². The molecule has 0 aliphatic rings. The van der Waals surface area contributed by atoms with Crippen LogP contribution in [0.2, 0.25) is 0 Å². The molecule has 9 nitrogen and oxygen atoms in total. The fourth-order valence-corrected chi connectivity index (χ4v) is 8.93. The van der Waals surface area contributed by atoms with Crippen molar-refractivity contribution < 1.29 is 37.6 Å². The number of rotatable bonds is 54. The van der Waals surface area contributed by atoms with Crippen LogP contribution in [0.4, 0.5) is 0 Å².